The predicted molar refractivity (Wildman–Crippen MR) is 76.8 cm³/mol. The van der Waals surface area contributed by atoms with E-state index in [2.05, 4.69) is 0 Å². The van der Waals surface area contributed by atoms with E-state index in [0.29, 0.717) is 11.1 Å². The number of nitriles is 1. The van der Waals surface area contributed by atoms with Gasteiger partial charge >= 0.3 is 0 Å². The van der Waals surface area contributed by atoms with E-state index in [9.17, 15) is 8.42 Å². The molecular weight excluding hydrogens is 292 g/mol. The van der Waals surface area contributed by atoms with Crippen molar-refractivity contribution in [3.05, 3.63) is 35.4 Å². The Morgan fingerprint density at radius 3 is 2.86 bits per heavy atom. The fourth-order valence-electron chi connectivity index (χ4n) is 2.32. The average Bonchev–Trinajstić information content (AvgIpc) is 2.47. The number of ether oxygens (including phenoxy) is 1. The van der Waals surface area contributed by atoms with E-state index in [-0.39, 0.29) is 31.6 Å². The quantitative estimate of drug-likeness (QED) is 0.873. The van der Waals surface area contributed by atoms with Crippen molar-refractivity contribution in [1.29, 1.82) is 5.26 Å². The van der Waals surface area contributed by atoms with E-state index in [4.69, 9.17) is 15.1 Å². The highest BCUT2D eigenvalue weighted by atomic mass is 32.2. The molecule has 1 saturated heterocycles. The molecule has 0 spiro atoms. The molecule has 0 radical (unpaired) electrons. The topological polar surface area (TPSA) is 90.6 Å². The minimum atomic E-state index is -3.57. The minimum Gasteiger partial charge on any atom is -0.394 e. The lowest BCUT2D eigenvalue weighted by molar-refractivity contribution is -0.0516. The number of hydrogen-bond donors (Lipinski definition) is 1. The number of hydrogen-bond acceptors (Lipinski definition) is 5. The molecule has 2 rings (SSSR count). The summed E-state index contributed by atoms with van der Waals surface area (Å²) >= 11 is 0. The van der Waals surface area contributed by atoms with Crippen molar-refractivity contribution in [2.24, 2.45) is 0 Å². The second-order valence-corrected chi connectivity index (χ2v) is 7.00. The molecule has 1 aliphatic heterocycles. The van der Waals surface area contributed by atoms with Crippen molar-refractivity contribution in [2.45, 2.75) is 24.8 Å². The molecule has 1 aromatic carbocycles. The number of aliphatic hydroxyl groups is 1. The Balaban J connectivity index is 2.23. The molecule has 0 aromatic heterocycles. The molecule has 1 heterocycles. The smallest absolute Gasteiger partial charge is 0.218 e. The zero-order chi connectivity index (χ0) is 15.5. The number of sulfonamides is 1. The standard InChI is InChI=1S/C14H18N2O4S/c1-11-9-20-14(8-17)7-16(11)21(18,19)10-13-5-3-2-4-12(13)6-15/h2-5,11,14,17H,7-10H2,1H3. The van der Waals surface area contributed by atoms with Gasteiger partial charge in [-0.3, -0.25) is 0 Å². The van der Waals surface area contributed by atoms with Crippen molar-refractivity contribution in [3.63, 3.8) is 0 Å². The molecule has 0 bridgehead atoms. The zero-order valence-electron chi connectivity index (χ0n) is 11.8. The minimum absolute atomic E-state index is 0.134. The summed E-state index contributed by atoms with van der Waals surface area (Å²) in [5, 5.41) is 18.2. The molecule has 1 aromatic rings. The molecule has 2 atom stereocenters. The molecule has 7 heteroatoms. The lowest BCUT2D eigenvalue weighted by atomic mass is 10.1. The van der Waals surface area contributed by atoms with Gasteiger partial charge in [-0.05, 0) is 18.6 Å². The molecule has 1 N–H and O–H groups in total. The third kappa shape index (κ3) is 3.60. The zero-order valence-corrected chi connectivity index (χ0v) is 12.6. The van der Waals surface area contributed by atoms with E-state index in [1.165, 1.54) is 4.31 Å². The maximum Gasteiger partial charge on any atom is 0.218 e. The number of nitrogens with zero attached hydrogens (tertiary/aromatic N) is 2. The van der Waals surface area contributed by atoms with E-state index in [0.717, 1.165) is 0 Å². The van der Waals surface area contributed by atoms with E-state index in [1.807, 2.05) is 6.07 Å². The van der Waals surface area contributed by atoms with Gasteiger partial charge in [0, 0.05) is 12.6 Å². The second-order valence-electron chi connectivity index (χ2n) is 5.08. The Bertz CT molecular complexity index is 639. The summed E-state index contributed by atoms with van der Waals surface area (Å²) in [5.41, 5.74) is 0.847. The highest BCUT2D eigenvalue weighted by Crippen LogP contribution is 2.20. The molecule has 0 saturated carbocycles. The summed E-state index contributed by atoms with van der Waals surface area (Å²) in [5.74, 6) is -0.223. The van der Waals surface area contributed by atoms with Crippen LogP contribution in [0.15, 0.2) is 24.3 Å². The average molecular weight is 310 g/mol. The van der Waals surface area contributed by atoms with Gasteiger partial charge in [-0.25, -0.2) is 8.42 Å². The Morgan fingerprint density at radius 1 is 1.48 bits per heavy atom. The molecule has 2 unspecified atom stereocenters. The molecule has 1 fully saturated rings. The van der Waals surface area contributed by atoms with Crippen LogP contribution in [0.25, 0.3) is 0 Å². The van der Waals surface area contributed by atoms with Crippen LogP contribution in [0, 0.1) is 11.3 Å². The van der Waals surface area contributed by atoms with Crippen molar-refractivity contribution in [2.75, 3.05) is 19.8 Å². The fraction of sp³-hybridized carbons (Fsp3) is 0.500. The maximum atomic E-state index is 12.6. The van der Waals surface area contributed by atoms with Gasteiger partial charge in [0.25, 0.3) is 0 Å². The van der Waals surface area contributed by atoms with Crippen LogP contribution < -0.4 is 0 Å². The van der Waals surface area contributed by atoms with Crippen LogP contribution in [0.2, 0.25) is 0 Å². The summed E-state index contributed by atoms with van der Waals surface area (Å²) in [7, 11) is -3.57. The Kier molecular flexibility index (Phi) is 4.96. The molecule has 6 nitrogen and oxygen atoms in total. The van der Waals surface area contributed by atoms with E-state index >= 15 is 0 Å². The van der Waals surface area contributed by atoms with Gasteiger partial charge < -0.3 is 9.84 Å². The number of aliphatic hydroxyl groups excluding tert-OH is 1. The van der Waals surface area contributed by atoms with Crippen LogP contribution in [0.5, 0.6) is 0 Å². The van der Waals surface area contributed by atoms with E-state index < -0.39 is 16.1 Å². The van der Waals surface area contributed by atoms with Crippen molar-refractivity contribution in [3.8, 4) is 6.07 Å². The van der Waals surface area contributed by atoms with Gasteiger partial charge in [-0.15, -0.1) is 0 Å². The lowest BCUT2D eigenvalue weighted by Crippen LogP contribution is -2.52. The summed E-state index contributed by atoms with van der Waals surface area (Å²) in [4.78, 5) is 0. The summed E-state index contributed by atoms with van der Waals surface area (Å²) in [6, 6.07) is 8.38. The molecule has 1 aliphatic rings. The Labute approximate surface area is 124 Å². The number of benzene rings is 1. The maximum absolute atomic E-state index is 12.6. The van der Waals surface area contributed by atoms with Crippen molar-refractivity contribution < 1.29 is 18.3 Å². The van der Waals surface area contributed by atoms with Gasteiger partial charge in [0.2, 0.25) is 10.0 Å². The van der Waals surface area contributed by atoms with Crippen LogP contribution >= 0.6 is 0 Å². The van der Waals surface area contributed by atoms with Crippen LogP contribution in [0.3, 0.4) is 0 Å². The first kappa shape index (κ1) is 15.9. The van der Waals surface area contributed by atoms with Gasteiger partial charge in [0.05, 0.1) is 36.7 Å². The molecule has 21 heavy (non-hydrogen) atoms. The molecule has 0 aliphatic carbocycles. The van der Waals surface area contributed by atoms with Crippen molar-refractivity contribution in [1.82, 2.24) is 4.31 Å². The number of rotatable bonds is 4. The van der Waals surface area contributed by atoms with Gasteiger partial charge in [-0.2, -0.15) is 9.57 Å². The highest BCUT2D eigenvalue weighted by Gasteiger charge is 2.34. The molecule has 114 valence electrons. The van der Waals surface area contributed by atoms with Gasteiger partial charge in [-0.1, -0.05) is 18.2 Å². The Morgan fingerprint density at radius 2 is 2.19 bits per heavy atom. The summed E-state index contributed by atoms with van der Waals surface area (Å²) < 4.78 is 31.9. The summed E-state index contributed by atoms with van der Waals surface area (Å²) in [6.45, 7) is 1.94. The summed E-state index contributed by atoms with van der Waals surface area (Å²) in [6.07, 6.45) is -0.498. The second kappa shape index (κ2) is 6.54. The van der Waals surface area contributed by atoms with Crippen LogP contribution in [-0.2, 0) is 20.5 Å². The largest absolute Gasteiger partial charge is 0.394 e. The predicted octanol–water partition coefficient (Wildman–Crippen LogP) is 0.470. The van der Waals surface area contributed by atoms with Crippen LogP contribution in [-0.4, -0.2) is 49.7 Å². The van der Waals surface area contributed by atoms with Crippen LogP contribution in [0.1, 0.15) is 18.1 Å². The lowest BCUT2D eigenvalue weighted by Gasteiger charge is -2.36. The Hall–Kier alpha value is -1.46. The third-order valence-electron chi connectivity index (χ3n) is 3.48. The fourth-order valence-corrected chi connectivity index (χ4v) is 4.14. The first-order valence-electron chi connectivity index (χ1n) is 6.68. The highest BCUT2D eigenvalue weighted by molar-refractivity contribution is 7.88. The van der Waals surface area contributed by atoms with E-state index in [1.54, 1.807) is 31.2 Å². The molecular formula is C14H18N2O4S. The monoisotopic (exact) mass is 310 g/mol. The van der Waals surface area contributed by atoms with Gasteiger partial charge in [0.1, 0.15) is 0 Å². The number of morpholine rings is 1. The van der Waals surface area contributed by atoms with Crippen molar-refractivity contribution >= 4 is 10.0 Å². The first-order chi connectivity index (χ1) is 9.97. The molecule has 0 amide bonds. The first-order valence-corrected chi connectivity index (χ1v) is 8.29. The third-order valence-corrected chi connectivity index (χ3v) is 5.38. The normalized spacial score (nSPS) is 23.7. The SMILES string of the molecule is CC1COC(CO)CN1S(=O)(=O)Cc1ccccc1C#N. The van der Waals surface area contributed by atoms with Crippen LogP contribution in [0.4, 0.5) is 0 Å². The van der Waals surface area contributed by atoms with Gasteiger partial charge in [0.15, 0.2) is 0 Å².